The van der Waals surface area contributed by atoms with Gasteiger partial charge in [-0.25, -0.2) is 0 Å². The Hall–Kier alpha value is -2.92. The Labute approximate surface area is 165 Å². The molecule has 0 saturated carbocycles. The van der Waals surface area contributed by atoms with Crippen LogP contribution in [0, 0.1) is 13.8 Å². The molecule has 0 spiro atoms. The second kappa shape index (κ2) is 6.91. The zero-order chi connectivity index (χ0) is 20.0. The maximum atomic E-state index is 12.8. The van der Waals surface area contributed by atoms with E-state index in [1.165, 1.54) is 32.9 Å². The van der Waals surface area contributed by atoms with Gasteiger partial charge in [-0.1, -0.05) is 11.6 Å². The van der Waals surface area contributed by atoms with Crippen LogP contribution in [0.5, 0.6) is 0 Å². The maximum absolute atomic E-state index is 12.8. The van der Waals surface area contributed by atoms with Gasteiger partial charge in [-0.3, -0.25) is 9.78 Å². The van der Waals surface area contributed by atoms with Gasteiger partial charge in [-0.2, -0.15) is 0 Å². The molecule has 4 aromatic rings. The van der Waals surface area contributed by atoms with Crippen molar-refractivity contribution < 1.29 is 4.79 Å². The molecule has 0 saturated heterocycles. The summed E-state index contributed by atoms with van der Waals surface area (Å²) in [4.78, 5) is 19.3. The molecular weight excluding hydrogens is 348 g/mol. The summed E-state index contributed by atoms with van der Waals surface area (Å²) in [6.07, 6.45) is 1.73. The summed E-state index contributed by atoms with van der Waals surface area (Å²) >= 11 is 0. The molecule has 0 unspecified atom stereocenters. The van der Waals surface area contributed by atoms with Crippen molar-refractivity contribution >= 4 is 38.5 Å². The van der Waals surface area contributed by atoms with Crippen LogP contribution in [0.15, 0.2) is 36.5 Å². The first-order chi connectivity index (χ1) is 13.4. The summed E-state index contributed by atoms with van der Waals surface area (Å²) < 4.78 is 2.25. The van der Waals surface area contributed by atoms with Crippen molar-refractivity contribution in [3.63, 3.8) is 0 Å². The lowest BCUT2D eigenvalue weighted by molar-refractivity contribution is 0.0948. The van der Waals surface area contributed by atoms with Crippen LogP contribution in [0.25, 0.3) is 32.6 Å². The normalized spacial score (nSPS) is 11.8. The zero-order valence-electron chi connectivity index (χ0n) is 17.1. The van der Waals surface area contributed by atoms with Crippen LogP contribution < -0.4 is 5.32 Å². The van der Waals surface area contributed by atoms with Gasteiger partial charge in [-0.15, -0.1) is 0 Å². The summed E-state index contributed by atoms with van der Waals surface area (Å²) in [5, 5.41) is 7.35. The number of carbonyl (C=O) groups is 1. The van der Waals surface area contributed by atoms with Gasteiger partial charge in [0.25, 0.3) is 5.91 Å². The molecule has 2 heterocycles. The minimum Gasteiger partial charge on any atom is -0.349 e. The molecule has 28 heavy (non-hydrogen) atoms. The monoisotopic (exact) mass is 374 g/mol. The van der Waals surface area contributed by atoms with E-state index in [0.717, 1.165) is 17.3 Å². The van der Waals surface area contributed by atoms with Gasteiger partial charge >= 0.3 is 0 Å². The molecule has 0 fully saturated rings. The second-order valence-corrected chi connectivity index (χ2v) is 7.79. The van der Waals surface area contributed by atoms with E-state index in [1.807, 2.05) is 25.1 Å². The molecule has 0 aliphatic carbocycles. The number of aromatic nitrogens is 2. The van der Waals surface area contributed by atoms with Gasteiger partial charge in [-0.05, 0) is 63.2 Å². The van der Waals surface area contributed by atoms with Crippen LogP contribution in [-0.2, 0) is 7.05 Å². The van der Waals surface area contributed by atoms with E-state index in [0.29, 0.717) is 12.2 Å². The van der Waals surface area contributed by atoms with E-state index in [2.05, 4.69) is 60.0 Å². The lowest BCUT2D eigenvalue weighted by atomic mass is 9.99. The number of nitrogens with one attached hydrogen (secondary N) is 1. The molecule has 5 heteroatoms. The average Bonchev–Trinajstić information content (AvgIpc) is 2.93. The smallest absolute Gasteiger partial charge is 0.270 e. The fraction of sp³-hybridized carbons (Fsp3) is 0.304. The highest BCUT2D eigenvalue weighted by Crippen LogP contribution is 2.35. The number of nitrogens with zero attached hydrogens (tertiary/aromatic N) is 3. The standard InChI is InChI=1S/C23H26N4O/c1-14-6-7-20-17(12-14)19-13-18-16(15(2)22(19)27(20)5)8-9-24-21(18)23(28)25-10-11-26(3)4/h6-9,12-13H,10-11H2,1-5H3,(H,25,28). The summed E-state index contributed by atoms with van der Waals surface area (Å²) in [6.45, 7) is 5.63. The van der Waals surface area contributed by atoms with Crippen LogP contribution >= 0.6 is 0 Å². The molecular formula is C23H26N4O. The number of amides is 1. The zero-order valence-corrected chi connectivity index (χ0v) is 17.1. The first kappa shape index (κ1) is 18.4. The van der Waals surface area contributed by atoms with Crippen LogP contribution in [-0.4, -0.2) is 47.5 Å². The number of fused-ring (bicyclic) bond motifs is 4. The number of carbonyl (C=O) groups excluding carboxylic acids is 1. The number of likely N-dealkylation sites (N-methyl/N-ethyl adjacent to an activating group) is 1. The van der Waals surface area contributed by atoms with Crippen LogP contribution in [0.1, 0.15) is 21.6 Å². The summed E-state index contributed by atoms with van der Waals surface area (Å²) in [6, 6.07) is 10.7. The van der Waals surface area contributed by atoms with E-state index < -0.39 is 0 Å². The molecule has 4 rings (SSSR count). The minimum absolute atomic E-state index is 0.123. The molecule has 0 aliphatic heterocycles. The third kappa shape index (κ3) is 2.92. The van der Waals surface area contributed by atoms with E-state index in [-0.39, 0.29) is 5.91 Å². The number of aryl methyl sites for hydroxylation is 3. The number of pyridine rings is 1. The molecule has 144 valence electrons. The topological polar surface area (TPSA) is 50.2 Å². The van der Waals surface area contributed by atoms with Gasteiger partial charge < -0.3 is 14.8 Å². The molecule has 1 N–H and O–H groups in total. The maximum Gasteiger partial charge on any atom is 0.270 e. The van der Waals surface area contributed by atoms with Crippen molar-refractivity contribution in [1.29, 1.82) is 0 Å². The Morgan fingerprint density at radius 3 is 2.61 bits per heavy atom. The van der Waals surface area contributed by atoms with Crippen molar-refractivity contribution in [2.45, 2.75) is 13.8 Å². The first-order valence-electron chi connectivity index (χ1n) is 9.58. The van der Waals surface area contributed by atoms with Crippen molar-refractivity contribution in [3.8, 4) is 0 Å². The predicted octanol–water partition coefficient (Wildman–Crippen LogP) is 3.79. The fourth-order valence-electron chi connectivity index (χ4n) is 4.06. The Kier molecular flexibility index (Phi) is 4.55. The molecule has 5 nitrogen and oxygen atoms in total. The molecule has 0 bridgehead atoms. The summed E-state index contributed by atoms with van der Waals surface area (Å²) in [5.74, 6) is -0.123. The van der Waals surface area contributed by atoms with Gasteiger partial charge in [0.1, 0.15) is 5.69 Å². The Bertz CT molecular complexity index is 1220. The van der Waals surface area contributed by atoms with E-state index >= 15 is 0 Å². The quantitative estimate of drug-likeness (QED) is 0.591. The van der Waals surface area contributed by atoms with Crippen molar-refractivity contribution in [1.82, 2.24) is 19.8 Å². The summed E-state index contributed by atoms with van der Waals surface area (Å²) in [7, 11) is 6.09. The molecule has 1 amide bonds. The minimum atomic E-state index is -0.123. The van der Waals surface area contributed by atoms with Gasteiger partial charge in [0, 0.05) is 48.0 Å². The highest BCUT2D eigenvalue weighted by molar-refractivity contribution is 6.17. The van der Waals surface area contributed by atoms with E-state index in [1.54, 1.807) is 6.20 Å². The highest BCUT2D eigenvalue weighted by Gasteiger charge is 2.18. The molecule has 2 aromatic carbocycles. The third-order valence-electron chi connectivity index (χ3n) is 5.49. The number of hydrogen-bond acceptors (Lipinski definition) is 3. The van der Waals surface area contributed by atoms with Gasteiger partial charge in [0.05, 0.1) is 5.52 Å². The Morgan fingerprint density at radius 2 is 1.86 bits per heavy atom. The highest BCUT2D eigenvalue weighted by atomic mass is 16.1. The molecule has 0 atom stereocenters. The Morgan fingerprint density at radius 1 is 1.07 bits per heavy atom. The summed E-state index contributed by atoms with van der Waals surface area (Å²) in [5.41, 5.74) is 5.30. The largest absolute Gasteiger partial charge is 0.349 e. The predicted molar refractivity (Wildman–Crippen MR) is 116 cm³/mol. The van der Waals surface area contributed by atoms with Crippen LogP contribution in [0.3, 0.4) is 0 Å². The lowest BCUT2D eigenvalue weighted by Crippen LogP contribution is -2.31. The van der Waals surface area contributed by atoms with Gasteiger partial charge in [0.15, 0.2) is 0 Å². The fourth-order valence-corrected chi connectivity index (χ4v) is 4.06. The SMILES string of the molecule is Cc1ccc2c(c1)c1cc3c(C(=O)NCCN(C)C)nccc3c(C)c1n2C. The molecule has 0 radical (unpaired) electrons. The van der Waals surface area contributed by atoms with E-state index in [4.69, 9.17) is 0 Å². The number of rotatable bonds is 4. The van der Waals surface area contributed by atoms with Crippen molar-refractivity contribution in [3.05, 3.63) is 53.3 Å². The van der Waals surface area contributed by atoms with Crippen molar-refractivity contribution in [2.24, 2.45) is 7.05 Å². The Balaban J connectivity index is 1.94. The lowest BCUT2D eigenvalue weighted by Gasteiger charge is -2.12. The average molecular weight is 374 g/mol. The van der Waals surface area contributed by atoms with E-state index in [9.17, 15) is 4.79 Å². The third-order valence-corrected chi connectivity index (χ3v) is 5.49. The second-order valence-electron chi connectivity index (χ2n) is 7.79. The number of hydrogen-bond donors (Lipinski definition) is 1. The number of benzene rings is 2. The first-order valence-corrected chi connectivity index (χ1v) is 9.58. The van der Waals surface area contributed by atoms with Gasteiger partial charge in [0.2, 0.25) is 0 Å². The van der Waals surface area contributed by atoms with Crippen molar-refractivity contribution in [2.75, 3.05) is 27.2 Å². The molecule has 2 aromatic heterocycles. The van der Waals surface area contributed by atoms with Crippen LogP contribution in [0.2, 0.25) is 0 Å². The molecule has 0 aliphatic rings. The van der Waals surface area contributed by atoms with Crippen LogP contribution in [0.4, 0.5) is 0 Å².